The minimum atomic E-state index is -2.51. The van der Waals surface area contributed by atoms with Crippen molar-refractivity contribution in [3.8, 4) is 5.75 Å². The molecule has 2 saturated heterocycles. The molecule has 0 aliphatic carbocycles. The van der Waals surface area contributed by atoms with Gasteiger partial charge >= 0.3 is 0 Å². The summed E-state index contributed by atoms with van der Waals surface area (Å²) in [6.07, 6.45) is 4.38. The molecule has 0 saturated carbocycles. The number of nitrogens with one attached hydrogen (secondary N) is 3. The monoisotopic (exact) mass is 616 g/mol. The standard InChI is InChI=1S/C33H45N8O2P/c1-23(2)43-29-22-25(41-20-18-40(19-21-41)24-13-16-39(3)17-14-24)10-11-27(29)36-33-37-31-26(12-15-34-31)32(38-33)35-28-8-6-7-9-30(28)44(4,5)42/h6-12,15,22-24H,13-14,16-21H2,1-5H3,(H3,34,35,36,37,38). The van der Waals surface area contributed by atoms with Crippen LogP contribution in [-0.4, -0.2) is 96.5 Å². The number of piperidine rings is 1. The second-order valence-corrected chi connectivity index (χ2v) is 15.8. The number of hydrogen-bond acceptors (Lipinski definition) is 9. The number of nitrogens with zero attached hydrogens (tertiary/aromatic N) is 5. The van der Waals surface area contributed by atoms with Gasteiger partial charge in [-0.05, 0) is 90.5 Å². The molecule has 4 heterocycles. The molecule has 0 amide bonds. The number of aromatic amines is 1. The molecule has 2 aromatic heterocycles. The Kier molecular flexibility index (Phi) is 8.85. The molecule has 0 bridgehead atoms. The van der Waals surface area contributed by atoms with Crippen molar-refractivity contribution in [2.45, 2.75) is 38.8 Å². The summed E-state index contributed by atoms with van der Waals surface area (Å²) < 4.78 is 19.3. The zero-order valence-corrected chi connectivity index (χ0v) is 27.4. The van der Waals surface area contributed by atoms with Crippen molar-refractivity contribution in [3.05, 3.63) is 54.7 Å². The van der Waals surface area contributed by atoms with E-state index < -0.39 is 7.14 Å². The SMILES string of the molecule is CC(C)Oc1cc(N2CCN(C3CCN(C)CC3)CC2)ccc1Nc1nc(Nc2ccccc2P(C)(C)=O)c2cc[nH]c2n1. The first kappa shape index (κ1) is 30.4. The van der Waals surface area contributed by atoms with Crippen LogP contribution < -0.4 is 25.6 Å². The van der Waals surface area contributed by atoms with Gasteiger partial charge in [-0.1, -0.05) is 12.1 Å². The molecule has 0 spiro atoms. The fourth-order valence-electron chi connectivity index (χ4n) is 6.26. The van der Waals surface area contributed by atoms with Gasteiger partial charge in [0.05, 0.1) is 22.9 Å². The number of likely N-dealkylation sites (tertiary alicyclic amines) is 1. The number of para-hydroxylation sites is 1. The quantitative estimate of drug-likeness (QED) is 0.205. The van der Waals surface area contributed by atoms with Crippen molar-refractivity contribution < 1.29 is 9.30 Å². The third-order valence-corrected chi connectivity index (χ3v) is 10.2. The Bertz CT molecular complexity index is 1630. The van der Waals surface area contributed by atoms with Gasteiger partial charge in [0.15, 0.2) is 0 Å². The number of anilines is 5. The van der Waals surface area contributed by atoms with Gasteiger partial charge in [-0.2, -0.15) is 9.97 Å². The van der Waals surface area contributed by atoms with Crippen LogP contribution in [0.15, 0.2) is 54.7 Å². The molecule has 44 heavy (non-hydrogen) atoms. The lowest BCUT2D eigenvalue weighted by Crippen LogP contribution is -2.53. The van der Waals surface area contributed by atoms with Crippen LogP contribution in [0.4, 0.5) is 28.8 Å². The Labute approximate surface area is 260 Å². The van der Waals surface area contributed by atoms with Crippen LogP contribution >= 0.6 is 7.14 Å². The molecule has 2 aliphatic rings. The summed E-state index contributed by atoms with van der Waals surface area (Å²) >= 11 is 0. The summed E-state index contributed by atoms with van der Waals surface area (Å²) in [7, 11) is -0.285. The molecule has 11 heteroatoms. The van der Waals surface area contributed by atoms with E-state index in [1.807, 2.05) is 50.4 Å². The molecule has 234 valence electrons. The summed E-state index contributed by atoms with van der Waals surface area (Å²) in [4.78, 5) is 20.4. The second kappa shape index (κ2) is 12.8. The maximum Gasteiger partial charge on any atom is 0.231 e. The van der Waals surface area contributed by atoms with E-state index in [9.17, 15) is 4.57 Å². The summed E-state index contributed by atoms with van der Waals surface area (Å²) in [6, 6.07) is 16.7. The van der Waals surface area contributed by atoms with Gasteiger partial charge in [-0.15, -0.1) is 0 Å². The van der Waals surface area contributed by atoms with Gasteiger partial charge in [-0.25, -0.2) is 0 Å². The first-order chi connectivity index (χ1) is 21.1. The maximum atomic E-state index is 13.0. The molecular weight excluding hydrogens is 571 g/mol. The molecule has 2 fully saturated rings. The highest BCUT2D eigenvalue weighted by molar-refractivity contribution is 7.70. The predicted octanol–water partition coefficient (Wildman–Crippen LogP) is 5.70. The lowest BCUT2D eigenvalue weighted by molar-refractivity contribution is 0.115. The Morgan fingerprint density at radius 2 is 1.68 bits per heavy atom. The molecule has 0 radical (unpaired) electrons. The minimum Gasteiger partial charge on any atom is -0.489 e. The second-order valence-electron chi connectivity index (χ2n) is 12.7. The maximum absolute atomic E-state index is 13.0. The number of aromatic nitrogens is 3. The minimum absolute atomic E-state index is 0.00592. The van der Waals surface area contributed by atoms with E-state index in [0.29, 0.717) is 23.5 Å². The molecule has 0 unspecified atom stereocenters. The molecule has 6 rings (SSSR count). The van der Waals surface area contributed by atoms with E-state index in [1.165, 1.54) is 25.9 Å². The highest BCUT2D eigenvalue weighted by atomic mass is 31.2. The summed E-state index contributed by atoms with van der Waals surface area (Å²) in [5.41, 5.74) is 3.44. The van der Waals surface area contributed by atoms with E-state index in [2.05, 4.69) is 55.6 Å². The van der Waals surface area contributed by atoms with Crippen LogP contribution in [0.5, 0.6) is 5.75 Å². The van der Waals surface area contributed by atoms with Crippen molar-refractivity contribution in [2.75, 3.05) is 75.2 Å². The summed E-state index contributed by atoms with van der Waals surface area (Å²) in [5, 5.41) is 8.49. The third-order valence-electron chi connectivity index (χ3n) is 8.61. The third kappa shape index (κ3) is 6.88. The Hall–Kier alpha value is -3.59. The zero-order valence-electron chi connectivity index (χ0n) is 26.5. The highest BCUT2D eigenvalue weighted by Gasteiger charge is 2.27. The molecule has 2 aliphatic heterocycles. The van der Waals surface area contributed by atoms with Crippen molar-refractivity contribution in [3.63, 3.8) is 0 Å². The van der Waals surface area contributed by atoms with Crippen molar-refractivity contribution in [2.24, 2.45) is 0 Å². The molecule has 0 atom stereocenters. The Morgan fingerprint density at radius 3 is 2.41 bits per heavy atom. The van der Waals surface area contributed by atoms with E-state index in [1.54, 1.807) is 13.3 Å². The highest BCUT2D eigenvalue weighted by Crippen LogP contribution is 2.39. The van der Waals surface area contributed by atoms with Gasteiger partial charge in [0.1, 0.15) is 24.4 Å². The number of fused-ring (bicyclic) bond motifs is 1. The zero-order chi connectivity index (χ0) is 30.8. The Balaban J connectivity index is 1.23. The fourth-order valence-corrected chi connectivity index (χ4v) is 7.41. The summed E-state index contributed by atoms with van der Waals surface area (Å²) in [5.74, 6) is 1.83. The number of hydrogen-bond donors (Lipinski definition) is 3. The molecule has 3 N–H and O–H groups in total. The molecular formula is C33H45N8O2P. The first-order valence-electron chi connectivity index (χ1n) is 15.7. The largest absolute Gasteiger partial charge is 0.489 e. The predicted molar refractivity (Wildman–Crippen MR) is 182 cm³/mol. The number of H-pyrrole nitrogens is 1. The molecule has 10 nitrogen and oxygen atoms in total. The van der Waals surface area contributed by atoms with Gasteiger partial charge < -0.3 is 34.7 Å². The molecule has 2 aromatic carbocycles. The average Bonchev–Trinajstić information content (AvgIpc) is 3.47. The van der Waals surface area contributed by atoms with Crippen molar-refractivity contribution >= 4 is 52.3 Å². The van der Waals surface area contributed by atoms with Crippen LogP contribution in [0.3, 0.4) is 0 Å². The summed E-state index contributed by atoms with van der Waals surface area (Å²) in [6.45, 7) is 14.2. The van der Waals surface area contributed by atoms with Crippen LogP contribution in [0.25, 0.3) is 11.0 Å². The first-order valence-corrected chi connectivity index (χ1v) is 18.3. The van der Waals surface area contributed by atoms with E-state index in [-0.39, 0.29) is 6.10 Å². The lowest BCUT2D eigenvalue weighted by atomic mass is 10.0. The topological polar surface area (TPSA) is 102 Å². The van der Waals surface area contributed by atoms with Gasteiger partial charge in [-0.3, -0.25) is 4.90 Å². The number of piperazine rings is 1. The van der Waals surface area contributed by atoms with Gasteiger partial charge in [0, 0.05) is 55.5 Å². The molecule has 4 aromatic rings. The average molecular weight is 617 g/mol. The fraction of sp³-hybridized carbons (Fsp3) is 0.455. The van der Waals surface area contributed by atoms with Crippen LogP contribution in [0, 0.1) is 0 Å². The number of rotatable bonds is 9. The Morgan fingerprint density at radius 1 is 0.932 bits per heavy atom. The van der Waals surface area contributed by atoms with Crippen LogP contribution in [-0.2, 0) is 4.57 Å². The van der Waals surface area contributed by atoms with Crippen molar-refractivity contribution in [1.82, 2.24) is 24.8 Å². The van der Waals surface area contributed by atoms with Crippen LogP contribution in [0.2, 0.25) is 0 Å². The number of ether oxygens (including phenoxy) is 1. The van der Waals surface area contributed by atoms with Gasteiger partial charge in [0.2, 0.25) is 5.95 Å². The lowest BCUT2D eigenvalue weighted by Gasteiger charge is -2.43. The number of benzene rings is 2. The van der Waals surface area contributed by atoms with E-state index in [0.717, 1.165) is 59.7 Å². The van der Waals surface area contributed by atoms with E-state index in [4.69, 9.17) is 14.7 Å². The van der Waals surface area contributed by atoms with Crippen LogP contribution in [0.1, 0.15) is 26.7 Å². The smallest absolute Gasteiger partial charge is 0.231 e. The van der Waals surface area contributed by atoms with E-state index >= 15 is 0 Å². The van der Waals surface area contributed by atoms with Crippen molar-refractivity contribution in [1.29, 1.82) is 0 Å². The van der Waals surface area contributed by atoms with Gasteiger partial charge in [0.25, 0.3) is 0 Å². The normalized spacial score (nSPS) is 17.4.